The number of anilines is 1. The summed E-state index contributed by atoms with van der Waals surface area (Å²) in [6, 6.07) is 3.64. The van der Waals surface area contributed by atoms with E-state index in [1.54, 1.807) is 122 Å². The van der Waals surface area contributed by atoms with E-state index >= 15 is 0 Å². The van der Waals surface area contributed by atoms with Crippen LogP contribution in [-0.4, -0.2) is 197 Å². The normalized spacial score (nSPS) is 32.4. The Hall–Kier alpha value is -10.3. The molecule has 12 rings (SSSR count). The molecule has 6 aliphatic heterocycles. The molecule has 29 nitrogen and oxygen atoms in total. The molecule has 1 saturated heterocycles. The van der Waals surface area contributed by atoms with E-state index in [4.69, 9.17) is 47.9 Å². The summed E-state index contributed by atoms with van der Waals surface area (Å²) in [5.74, 6) is -13.7. The first-order valence-electron chi connectivity index (χ1n) is 40.2. The highest BCUT2D eigenvalue weighted by molar-refractivity contribution is 6.35. The number of aliphatic hydroxyl groups is 4. The van der Waals surface area contributed by atoms with Crippen LogP contribution in [0.5, 0.6) is 28.7 Å². The summed E-state index contributed by atoms with van der Waals surface area (Å²) in [7, 11) is 2.92. The fraction of sp³-hybridized carbons (Fsp3) is 0.517. The lowest BCUT2D eigenvalue weighted by Crippen LogP contribution is -2.50. The molecule has 18 atom stereocenters. The second-order valence-electron chi connectivity index (χ2n) is 33.6. The summed E-state index contributed by atoms with van der Waals surface area (Å²) in [6.45, 7) is 34.2. The van der Waals surface area contributed by atoms with Gasteiger partial charge >= 0.3 is 23.5 Å². The molecule has 0 radical (unpaired) electrons. The molecule has 1 spiro atoms. The minimum atomic E-state index is -1.97. The number of nitrogens with one attached hydrogen (secondary N) is 3. The van der Waals surface area contributed by atoms with Crippen molar-refractivity contribution >= 4 is 80.0 Å². The van der Waals surface area contributed by atoms with Crippen molar-refractivity contribution in [2.75, 3.05) is 39.2 Å². The zero-order valence-electron chi connectivity index (χ0n) is 70.9. The molecule has 1 fully saturated rings. The monoisotopic (exact) mass is 1630 g/mol. The van der Waals surface area contributed by atoms with Crippen molar-refractivity contribution in [2.24, 2.45) is 58.3 Å². The van der Waals surface area contributed by atoms with E-state index in [2.05, 4.69) is 34.7 Å². The number of aryl methyl sites for hydroxylation is 1. The van der Waals surface area contributed by atoms with Crippen LogP contribution < -0.4 is 25.4 Å². The predicted octanol–water partition coefficient (Wildman–Crippen LogP) is 10.8. The van der Waals surface area contributed by atoms with Crippen LogP contribution in [0.15, 0.2) is 107 Å². The van der Waals surface area contributed by atoms with E-state index in [0.717, 1.165) is 25.2 Å². The third-order valence-electron chi connectivity index (χ3n) is 24.5. The Bertz CT molecular complexity index is 5110. The summed E-state index contributed by atoms with van der Waals surface area (Å²) < 4.78 is 49.5. The lowest BCUT2D eigenvalue weighted by atomic mass is 9.78. The van der Waals surface area contributed by atoms with Crippen LogP contribution in [0.2, 0.25) is 0 Å². The minimum Gasteiger partial charge on any atom is -0.507 e. The number of esters is 2. The number of aliphatic hydroxyl groups excluding tert-OH is 4. The Kier molecular flexibility index (Phi) is 26.0. The quantitative estimate of drug-likeness (QED) is 0.0557. The molecular weight excluding hydrogens is 1520 g/mol. The van der Waals surface area contributed by atoms with Crippen LogP contribution in [0.3, 0.4) is 0 Å². The molecule has 1 aliphatic carbocycles. The van der Waals surface area contributed by atoms with Crippen LogP contribution in [0.1, 0.15) is 177 Å². The van der Waals surface area contributed by atoms with Crippen LogP contribution in [0.4, 0.5) is 5.69 Å². The van der Waals surface area contributed by atoms with Crippen LogP contribution in [-0.2, 0) is 47.6 Å². The van der Waals surface area contributed by atoms with Gasteiger partial charge in [0.05, 0.1) is 82.6 Å². The number of ketones is 3. The lowest BCUT2D eigenvalue weighted by Gasteiger charge is -2.38. The first-order chi connectivity index (χ1) is 55.5. The van der Waals surface area contributed by atoms with Gasteiger partial charge in [-0.15, -0.1) is 0 Å². The largest absolute Gasteiger partial charge is 0.507 e. The number of phenols is 3. The van der Waals surface area contributed by atoms with Crippen molar-refractivity contribution in [3.63, 3.8) is 0 Å². The van der Waals surface area contributed by atoms with Crippen LogP contribution in [0, 0.1) is 74.0 Å². The molecule has 7 aliphatic rings. The summed E-state index contributed by atoms with van der Waals surface area (Å²) >= 11 is 0. The van der Waals surface area contributed by atoms with Gasteiger partial charge < -0.3 is 94.5 Å². The topological polar surface area (TPSA) is 404 Å². The van der Waals surface area contributed by atoms with E-state index in [1.165, 1.54) is 74.4 Å². The maximum absolute atomic E-state index is 14.7. The molecule has 0 unspecified atom stereocenters. The van der Waals surface area contributed by atoms with Crippen molar-refractivity contribution in [1.82, 2.24) is 24.9 Å². The van der Waals surface area contributed by atoms with E-state index < -0.39 is 166 Å². The average molecular weight is 1630 g/mol. The number of aliphatic imine (C=N–C) groups is 1. The number of methoxy groups -OCH3 is 2. The van der Waals surface area contributed by atoms with Crippen molar-refractivity contribution in [2.45, 2.75) is 210 Å². The number of imidazole rings is 1. The highest BCUT2D eigenvalue weighted by Crippen LogP contribution is 2.55. The van der Waals surface area contributed by atoms with Gasteiger partial charge in [0, 0.05) is 161 Å². The second kappa shape index (κ2) is 34.6. The van der Waals surface area contributed by atoms with Crippen molar-refractivity contribution < 1.29 is 107 Å². The summed E-state index contributed by atoms with van der Waals surface area (Å²) in [4.78, 5) is 109. The number of rotatable bonds is 6. The van der Waals surface area contributed by atoms with Gasteiger partial charge in [0.25, 0.3) is 23.4 Å². The Balaban J connectivity index is 0.000000232. The molecule has 9 bridgehead atoms. The molecule has 636 valence electrons. The third kappa shape index (κ3) is 16.5. The van der Waals surface area contributed by atoms with E-state index in [9.17, 15) is 69.3 Å². The zero-order valence-corrected chi connectivity index (χ0v) is 70.9. The molecule has 0 saturated carbocycles. The number of allylic oxidation sites excluding steroid dienone is 6. The molecular formula is C89H113N7O22. The summed E-state index contributed by atoms with van der Waals surface area (Å²) in [5, 5.41) is 90.4. The van der Waals surface area contributed by atoms with Gasteiger partial charge in [0.1, 0.15) is 68.9 Å². The number of Topliss-reactive ketones (excluding diaryl/α,β-unsaturated/α-hetero) is 3. The van der Waals surface area contributed by atoms with Crippen molar-refractivity contribution in [1.29, 1.82) is 0 Å². The molecule has 5 aromatic rings. The van der Waals surface area contributed by atoms with Crippen molar-refractivity contribution in [3.05, 3.63) is 141 Å². The number of pyridine rings is 1. The molecule has 10 N–H and O–H groups in total. The number of hydrogen-bond acceptors (Lipinski definition) is 26. The summed E-state index contributed by atoms with van der Waals surface area (Å²) in [5.41, 5.74) is 1.99. The summed E-state index contributed by atoms with van der Waals surface area (Å²) in [6.07, 6.45) is 10.7. The number of nitrogens with zero attached hydrogens (tertiary/aromatic N) is 4. The standard InChI is InChI=1S/C46H62N4O11.C43H51N3O11/c1-22(2)21-50-18-16-46(17-19-50)48-34-31-32-39(54)28(8)42-33(31)43(56)45(10,61-42)59-20-15-30(58-11)25(5)41(60-29(9)51)27(7)38(53)26(6)37(52)23(3)13-12-14-24(4)44(57)47-36(40(32)55)35(34)49-46;1-19-14-16-46-28(18-19)44-32-29-30-37(50)25(7)40-31(29)41(52)43(9,57-40)55-17-15-27(54-10)22(4)39(56-26(8)47)24(6)36(49)23(5)35(48)20(2)12-11-13-21(3)42(53)45-33(34(32)46)38(30)51/h12-15,20,22-23,25-27,30,37-38,41,49,52-54H,16-19,21H2,1-11H3,(H,47,57);11-18,20,22-24,27,35-36,39,48-51H,1-10H3,(H,45,53)/b13-12+,20-15+,24-14-;12-11+,17-15+,21-13-/t23-,25+,26+,27+,30-,37-,38+,41+,45-;20-,22+,23+,24+,27-,35-,36+,39+,43-/m00/s1. The number of aromatic hydroxyl groups is 3. The number of amides is 2. The number of piperidine rings is 1. The SMILES string of the molecule is CO[C@H]1/C=C/O[C@@]2(C)Oc3c(C)c(O)c4c(O)c(c5c(nc6cc(C)ccn65)c4c3C2=O)NC(=O)/C(C)=C\C=C\[C@H](C)[C@H](O)[C@@H](C)[C@@H](O)[C@@H](C)[C@H](OC(C)=O)[C@@H]1C.CO[C@H]1/C=C/O[C@@]2(C)Oc3c(C)c(O)c4c(c3C2=O)C2=NC3(CCN(CC(C)C)CC3)NC2=C(NC(=O)/C(C)=C\C=C\[C@H](C)[C@H](O)[C@@H](C)[C@@H](O)[C@@H](C)[C@H](OC(C)=O)[C@@H]1C)C4=O. The maximum Gasteiger partial charge on any atom is 0.312 e. The van der Waals surface area contributed by atoms with Gasteiger partial charge in [-0.1, -0.05) is 106 Å². The molecule has 29 heteroatoms. The molecule has 2 aromatic heterocycles. The molecule has 118 heavy (non-hydrogen) atoms. The number of phenolic OH excluding ortho intramolecular Hbond substituents is 3. The number of carbonyl (C=O) groups excluding carboxylic acids is 7. The number of aromatic nitrogens is 2. The Morgan fingerprint density at radius 1 is 0.602 bits per heavy atom. The van der Waals surface area contributed by atoms with Gasteiger partial charge in [0.2, 0.25) is 5.78 Å². The Labute approximate surface area is 686 Å². The molecule has 8 heterocycles. The number of ether oxygens (including phenoxy) is 8. The number of fused-ring (bicyclic) bond motifs is 5. The van der Waals surface area contributed by atoms with E-state index in [-0.39, 0.29) is 106 Å². The van der Waals surface area contributed by atoms with E-state index in [1.807, 2.05) is 19.1 Å². The van der Waals surface area contributed by atoms with Crippen molar-refractivity contribution in [3.8, 4) is 28.7 Å². The van der Waals surface area contributed by atoms with Crippen LogP contribution >= 0.6 is 0 Å². The third-order valence-corrected chi connectivity index (χ3v) is 24.5. The highest BCUT2D eigenvalue weighted by atomic mass is 16.7. The fourth-order valence-electron chi connectivity index (χ4n) is 17.3. The Morgan fingerprint density at radius 2 is 1.08 bits per heavy atom. The highest BCUT2D eigenvalue weighted by Gasteiger charge is 2.56. The molecule has 3 aromatic carbocycles. The van der Waals surface area contributed by atoms with Gasteiger partial charge in [-0.05, 0) is 70.4 Å². The number of likely N-dealkylation sites (tertiary alicyclic amines) is 1. The Morgan fingerprint density at radius 3 is 1.58 bits per heavy atom. The lowest BCUT2D eigenvalue weighted by molar-refractivity contribution is -0.161. The second-order valence-corrected chi connectivity index (χ2v) is 33.6. The smallest absolute Gasteiger partial charge is 0.312 e. The van der Waals surface area contributed by atoms with Gasteiger partial charge in [-0.3, -0.25) is 43.0 Å². The van der Waals surface area contributed by atoms with Gasteiger partial charge in [-0.2, -0.15) is 0 Å². The molecule has 2 amide bonds. The predicted molar refractivity (Wildman–Crippen MR) is 440 cm³/mol. The fourth-order valence-corrected chi connectivity index (χ4v) is 17.3. The first-order valence-corrected chi connectivity index (χ1v) is 40.2. The maximum atomic E-state index is 14.7. The van der Waals surface area contributed by atoms with E-state index in [0.29, 0.717) is 24.4 Å². The van der Waals surface area contributed by atoms with Gasteiger partial charge in [0.15, 0.2) is 5.75 Å². The number of carbonyl (C=O) groups is 7. The average Bonchev–Trinajstić information content (AvgIpc) is 1.53. The zero-order chi connectivity index (χ0) is 86.7. The van der Waals surface area contributed by atoms with Crippen LogP contribution in [0.25, 0.3) is 27.5 Å². The van der Waals surface area contributed by atoms with Gasteiger partial charge in [-0.25, -0.2) is 4.98 Å². The first kappa shape index (κ1) is 88.5. The number of benzene rings is 3. The number of hydrogen-bond donors (Lipinski definition) is 10. The minimum absolute atomic E-state index is 0.0164.